The van der Waals surface area contributed by atoms with E-state index in [-0.39, 0.29) is 0 Å². The lowest BCUT2D eigenvalue weighted by Crippen LogP contribution is -2.16. The second-order valence-corrected chi connectivity index (χ2v) is 2.06. The van der Waals surface area contributed by atoms with Crippen molar-refractivity contribution >= 4 is 0 Å². The summed E-state index contributed by atoms with van der Waals surface area (Å²) in [4.78, 5) is 0. The maximum atomic E-state index is 3.13. The number of hydrogen-bond acceptors (Lipinski definition) is 2. The quantitative estimate of drug-likeness (QED) is 0.626. The minimum absolute atomic E-state index is 0.948. The molecule has 0 fully saturated rings. The van der Waals surface area contributed by atoms with Gasteiger partial charge in [-0.1, -0.05) is 26.0 Å². The van der Waals surface area contributed by atoms with Crippen LogP contribution in [0.3, 0.4) is 0 Å². The Labute approximate surface area is 69.4 Å². The first-order chi connectivity index (χ1) is 5.43. The van der Waals surface area contributed by atoms with E-state index >= 15 is 0 Å². The van der Waals surface area contributed by atoms with E-state index in [1.807, 2.05) is 27.1 Å². The summed E-state index contributed by atoms with van der Waals surface area (Å²) in [5, 5.41) is 6.21. The number of dihydropyridines is 1. The zero-order valence-corrected chi connectivity index (χ0v) is 7.65. The first-order valence-corrected chi connectivity index (χ1v) is 4.17. The summed E-state index contributed by atoms with van der Waals surface area (Å²) < 4.78 is 0. The van der Waals surface area contributed by atoms with Crippen molar-refractivity contribution in [2.24, 2.45) is 0 Å². The highest BCUT2D eigenvalue weighted by atomic mass is 14.9. The van der Waals surface area contributed by atoms with Gasteiger partial charge in [0.25, 0.3) is 0 Å². The van der Waals surface area contributed by atoms with Crippen molar-refractivity contribution in [1.82, 2.24) is 10.6 Å². The summed E-state index contributed by atoms with van der Waals surface area (Å²) >= 11 is 0. The van der Waals surface area contributed by atoms with Crippen molar-refractivity contribution < 1.29 is 0 Å². The summed E-state index contributed by atoms with van der Waals surface area (Å²) in [6.07, 6.45) is 6.29. The number of likely N-dealkylation sites (N-methyl/N-ethyl adjacent to an activating group) is 1. The molecule has 0 spiro atoms. The van der Waals surface area contributed by atoms with E-state index in [2.05, 4.69) is 22.8 Å². The summed E-state index contributed by atoms with van der Waals surface area (Å²) in [5.41, 5.74) is 1.31. The fourth-order valence-corrected chi connectivity index (χ4v) is 0.831. The lowest BCUT2D eigenvalue weighted by molar-refractivity contribution is 0.861. The number of hydrogen-bond donors (Lipinski definition) is 2. The van der Waals surface area contributed by atoms with Gasteiger partial charge in [-0.15, -0.1) is 0 Å². The maximum Gasteiger partial charge on any atom is 0.0328 e. The van der Waals surface area contributed by atoms with E-state index in [9.17, 15) is 0 Å². The van der Waals surface area contributed by atoms with Crippen molar-refractivity contribution in [2.75, 3.05) is 20.1 Å². The smallest absolute Gasteiger partial charge is 0.0328 e. The third-order valence-corrected chi connectivity index (χ3v) is 1.24. The van der Waals surface area contributed by atoms with Crippen molar-refractivity contribution in [3.8, 4) is 0 Å². The monoisotopic (exact) mass is 154 g/mol. The van der Waals surface area contributed by atoms with Gasteiger partial charge in [0.2, 0.25) is 0 Å². The Morgan fingerprint density at radius 3 is 2.73 bits per heavy atom. The van der Waals surface area contributed by atoms with E-state index in [4.69, 9.17) is 0 Å². The van der Waals surface area contributed by atoms with Gasteiger partial charge in [0, 0.05) is 19.3 Å². The molecule has 0 aromatic rings. The van der Waals surface area contributed by atoms with Crippen molar-refractivity contribution in [3.05, 3.63) is 23.9 Å². The Balaban J connectivity index is 0.000000461. The molecule has 1 aliphatic rings. The first kappa shape index (κ1) is 10.2. The van der Waals surface area contributed by atoms with Gasteiger partial charge in [-0.3, -0.25) is 0 Å². The molecule has 1 rings (SSSR count). The van der Waals surface area contributed by atoms with Gasteiger partial charge in [-0.25, -0.2) is 0 Å². The minimum atomic E-state index is 0.948. The van der Waals surface area contributed by atoms with Crippen molar-refractivity contribution in [1.29, 1.82) is 0 Å². The van der Waals surface area contributed by atoms with Crippen LogP contribution in [0.15, 0.2) is 23.9 Å². The largest absolute Gasteiger partial charge is 0.387 e. The van der Waals surface area contributed by atoms with Crippen LogP contribution >= 0.6 is 0 Å². The predicted molar refractivity (Wildman–Crippen MR) is 50.5 cm³/mol. The summed E-state index contributed by atoms with van der Waals surface area (Å²) in [7, 11) is 1.95. The van der Waals surface area contributed by atoms with Crippen LogP contribution in [-0.2, 0) is 0 Å². The van der Waals surface area contributed by atoms with Crippen molar-refractivity contribution in [2.45, 2.75) is 13.8 Å². The molecule has 0 aromatic carbocycles. The van der Waals surface area contributed by atoms with Gasteiger partial charge in [0.05, 0.1) is 0 Å². The molecule has 0 aliphatic carbocycles. The van der Waals surface area contributed by atoms with Crippen LogP contribution in [0.4, 0.5) is 0 Å². The van der Waals surface area contributed by atoms with Crippen LogP contribution in [0.25, 0.3) is 0 Å². The van der Waals surface area contributed by atoms with Crippen LogP contribution in [0.1, 0.15) is 13.8 Å². The molecular weight excluding hydrogens is 136 g/mol. The molecule has 64 valence electrons. The average molecular weight is 154 g/mol. The lowest BCUT2D eigenvalue weighted by Gasteiger charge is -2.06. The SMILES string of the molecule is CC.CNCC1=CNCC=C1. The average Bonchev–Trinajstić information content (AvgIpc) is 2.11. The molecule has 0 saturated carbocycles. The molecule has 0 saturated heterocycles. The zero-order valence-electron chi connectivity index (χ0n) is 7.65. The summed E-state index contributed by atoms with van der Waals surface area (Å²) in [6.45, 7) is 5.91. The molecule has 0 amide bonds. The van der Waals surface area contributed by atoms with Gasteiger partial charge in [-0.05, 0) is 12.6 Å². The fraction of sp³-hybridized carbons (Fsp3) is 0.556. The van der Waals surface area contributed by atoms with Crippen molar-refractivity contribution in [3.63, 3.8) is 0 Å². The van der Waals surface area contributed by atoms with Crippen LogP contribution in [0.5, 0.6) is 0 Å². The second-order valence-electron chi connectivity index (χ2n) is 2.06. The summed E-state index contributed by atoms with van der Waals surface area (Å²) in [6, 6.07) is 0. The molecule has 2 heteroatoms. The topological polar surface area (TPSA) is 24.1 Å². The van der Waals surface area contributed by atoms with E-state index in [1.165, 1.54) is 5.57 Å². The molecule has 0 atom stereocenters. The molecule has 0 aromatic heterocycles. The molecule has 0 radical (unpaired) electrons. The number of nitrogens with one attached hydrogen (secondary N) is 2. The standard InChI is InChI=1S/C7H12N2.C2H6/c1-8-5-7-3-2-4-9-6-7;1-2/h2-3,6,8-9H,4-5H2,1H3;1-2H3. The highest BCUT2D eigenvalue weighted by molar-refractivity contribution is 5.22. The molecule has 11 heavy (non-hydrogen) atoms. The third-order valence-electron chi connectivity index (χ3n) is 1.24. The van der Waals surface area contributed by atoms with Gasteiger partial charge in [0.1, 0.15) is 0 Å². The third kappa shape index (κ3) is 4.62. The van der Waals surface area contributed by atoms with Crippen LogP contribution < -0.4 is 10.6 Å². The molecule has 1 heterocycles. The second kappa shape index (κ2) is 7.35. The van der Waals surface area contributed by atoms with Crippen LogP contribution in [-0.4, -0.2) is 20.1 Å². The van der Waals surface area contributed by atoms with Gasteiger partial charge in [0.15, 0.2) is 0 Å². The Bertz CT molecular complexity index is 136. The van der Waals surface area contributed by atoms with Crippen LogP contribution in [0, 0.1) is 0 Å². The van der Waals surface area contributed by atoms with Gasteiger partial charge in [-0.2, -0.15) is 0 Å². The van der Waals surface area contributed by atoms with Gasteiger partial charge < -0.3 is 10.6 Å². The highest BCUT2D eigenvalue weighted by Crippen LogP contribution is 1.96. The Morgan fingerprint density at radius 1 is 1.55 bits per heavy atom. The molecule has 2 N–H and O–H groups in total. The molecular formula is C9H18N2. The Kier molecular flexibility index (Phi) is 6.84. The molecule has 0 unspecified atom stereocenters. The van der Waals surface area contributed by atoms with E-state index in [1.54, 1.807) is 0 Å². The highest BCUT2D eigenvalue weighted by Gasteiger charge is 1.91. The minimum Gasteiger partial charge on any atom is -0.387 e. The molecule has 2 nitrogen and oxygen atoms in total. The van der Waals surface area contributed by atoms with Gasteiger partial charge >= 0.3 is 0 Å². The zero-order chi connectivity index (χ0) is 8.53. The Morgan fingerprint density at radius 2 is 2.27 bits per heavy atom. The fourth-order valence-electron chi connectivity index (χ4n) is 0.831. The normalized spacial score (nSPS) is 14.3. The lowest BCUT2D eigenvalue weighted by atomic mass is 10.2. The Hall–Kier alpha value is -0.760. The van der Waals surface area contributed by atoms with E-state index in [0.29, 0.717) is 0 Å². The maximum absolute atomic E-state index is 3.13. The summed E-state index contributed by atoms with van der Waals surface area (Å²) in [5.74, 6) is 0. The van der Waals surface area contributed by atoms with E-state index in [0.717, 1.165) is 13.1 Å². The molecule has 1 aliphatic heterocycles. The predicted octanol–water partition coefficient (Wildman–Crippen LogP) is 1.28. The molecule has 0 bridgehead atoms. The first-order valence-electron chi connectivity index (χ1n) is 4.17. The van der Waals surface area contributed by atoms with Crippen LogP contribution in [0.2, 0.25) is 0 Å². The number of rotatable bonds is 2. The van der Waals surface area contributed by atoms with E-state index < -0.39 is 0 Å².